The van der Waals surface area contributed by atoms with Crippen molar-refractivity contribution >= 4 is 11.8 Å². The van der Waals surface area contributed by atoms with E-state index in [2.05, 4.69) is 0 Å². The van der Waals surface area contributed by atoms with Gasteiger partial charge in [-0.25, -0.2) is 0 Å². The Bertz CT molecular complexity index is 595. The summed E-state index contributed by atoms with van der Waals surface area (Å²) in [6.45, 7) is 6.08. The molecule has 1 heterocycles. The molecule has 1 unspecified atom stereocenters. The van der Waals surface area contributed by atoms with Crippen LogP contribution >= 0.6 is 0 Å². The second-order valence-electron chi connectivity index (χ2n) is 6.20. The molecule has 2 amide bonds. The molecular weight excluding hydrogens is 306 g/mol. The third kappa shape index (κ3) is 4.06. The zero-order valence-corrected chi connectivity index (χ0v) is 14.7. The number of methoxy groups -OCH3 is 1. The highest BCUT2D eigenvalue weighted by atomic mass is 16.5. The van der Waals surface area contributed by atoms with Gasteiger partial charge in [0, 0.05) is 31.7 Å². The number of piperazine rings is 1. The largest absolute Gasteiger partial charge is 0.496 e. The summed E-state index contributed by atoms with van der Waals surface area (Å²) in [5, 5.41) is 0. The number of hydrogen-bond acceptors (Lipinski definition) is 4. The van der Waals surface area contributed by atoms with Gasteiger partial charge in [0.1, 0.15) is 5.75 Å². The Kier molecular flexibility index (Phi) is 6.20. The topological polar surface area (TPSA) is 75.9 Å². The van der Waals surface area contributed by atoms with Crippen molar-refractivity contribution in [1.29, 1.82) is 0 Å². The summed E-state index contributed by atoms with van der Waals surface area (Å²) in [6, 6.07) is 5.04. The van der Waals surface area contributed by atoms with E-state index in [0.29, 0.717) is 43.9 Å². The molecule has 1 aromatic carbocycles. The van der Waals surface area contributed by atoms with Gasteiger partial charge in [-0.3, -0.25) is 9.59 Å². The minimum absolute atomic E-state index is 0.0130. The van der Waals surface area contributed by atoms with E-state index in [-0.39, 0.29) is 11.8 Å². The summed E-state index contributed by atoms with van der Waals surface area (Å²) in [5.41, 5.74) is 7.51. The van der Waals surface area contributed by atoms with Crippen LogP contribution in [0.2, 0.25) is 0 Å². The standard InChI is InChI=1S/C18H27N3O3/c1-4-5-15(19)18(23)21-10-8-20(9-11-21)17(22)14-7-6-13(2)16(12-14)24-3/h6-7,12,15H,4-5,8-11,19H2,1-3H3. The summed E-state index contributed by atoms with van der Waals surface area (Å²) in [4.78, 5) is 28.4. The molecule has 1 saturated heterocycles. The van der Waals surface area contributed by atoms with Crippen LogP contribution in [-0.4, -0.2) is 60.9 Å². The second-order valence-corrected chi connectivity index (χ2v) is 6.20. The van der Waals surface area contributed by atoms with Crippen LogP contribution in [-0.2, 0) is 4.79 Å². The number of carbonyl (C=O) groups excluding carboxylic acids is 2. The van der Waals surface area contributed by atoms with Crippen LogP contribution in [0.15, 0.2) is 18.2 Å². The Morgan fingerprint density at radius 3 is 2.42 bits per heavy atom. The quantitative estimate of drug-likeness (QED) is 0.884. The molecule has 1 aliphatic heterocycles. The molecule has 1 aromatic rings. The Hall–Kier alpha value is -2.08. The maximum absolute atomic E-state index is 12.6. The predicted molar refractivity (Wildman–Crippen MR) is 93.1 cm³/mol. The van der Waals surface area contributed by atoms with Crippen molar-refractivity contribution in [2.75, 3.05) is 33.3 Å². The van der Waals surface area contributed by atoms with Crippen molar-refractivity contribution in [3.05, 3.63) is 29.3 Å². The van der Waals surface area contributed by atoms with Crippen LogP contribution < -0.4 is 10.5 Å². The van der Waals surface area contributed by atoms with Crippen LogP contribution in [0, 0.1) is 6.92 Å². The van der Waals surface area contributed by atoms with Gasteiger partial charge >= 0.3 is 0 Å². The molecule has 0 aliphatic carbocycles. The Labute approximate surface area is 143 Å². The molecule has 0 bridgehead atoms. The van der Waals surface area contributed by atoms with Crippen LogP contribution in [0.5, 0.6) is 5.75 Å². The molecule has 6 nitrogen and oxygen atoms in total. The third-order valence-corrected chi connectivity index (χ3v) is 4.45. The minimum Gasteiger partial charge on any atom is -0.496 e. The molecule has 0 spiro atoms. The van der Waals surface area contributed by atoms with Gasteiger partial charge in [0.15, 0.2) is 0 Å². The van der Waals surface area contributed by atoms with E-state index in [9.17, 15) is 9.59 Å². The van der Waals surface area contributed by atoms with Crippen molar-refractivity contribution in [3.63, 3.8) is 0 Å². The first-order valence-electron chi connectivity index (χ1n) is 8.46. The number of ether oxygens (including phenoxy) is 1. The summed E-state index contributed by atoms with van der Waals surface area (Å²) in [7, 11) is 1.60. The lowest BCUT2D eigenvalue weighted by molar-refractivity contribution is -0.134. The molecule has 2 N–H and O–H groups in total. The van der Waals surface area contributed by atoms with Crippen molar-refractivity contribution in [3.8, 4) is 5.75 Å². The number of rotatable bonds is 5. The van der Waals surface area contributed by atoms with Crippen LogP contribution in [0.1, 0.15) is 35.7 Å². The Morgan fingerprint density at radius 2 is 1.83 bits per heavy atom. The van der Waals surface area contributed by atoms with Gasteiger partial charge in [-0.2, -0.15) is 0 Å². The smallest absolute Gasteiger partial charge is 0.254 e. The number of amides is 2. The SMILES string of the molecule is CCCC(N)C(=O)N1CCN(C(=O)c2ccc(C)c(OC)c2)CC1. The molecule has 132 valence electrons. The number of aryl methyl sites for hydroxylation is 1. The molecular formula is C18H27N3O3. The van der Waals surface area contributed by atoms with E-state index in [4.69, 9.17) is 10.5 Å². The fraction of sp³-hybridized carbons (Fsp3) is 0.556. The second kappa shape index (κ2) is 8.15. The van der Waals surface area contributed by atoms with E-state index in [0.717, 1.165) is 12.0 Å². The normalized spacial score (nSPS) is 16.0. The van der Waals surface area contributed by atoms with Gasteiger partial charge < -0.3 is 20.3 Å². The van der Waals surface area contributed by atoms with E-state index in [1.807, 2.05) is 26.0 Å². The zero-order valence-electron chi connectivity index (χ0n) is 14.7. The van der Waals surface area contributed by atoms with Gasteiger partial charge in [0.05, 0.1) is 13.2 Å². The van der Waals surface area contributed by atoms with E-state index < -0.39 is 6.04 Å². The molecule has 0 aromatic heterocycles. The lowest BCUT2D eigenvalue weighted by Gasteiger charge is -2.36. The Balaban J connectivity index is 1.97. The molecule has 1 aliphatic rings. The molecule has 1 fully saturated rings. The molecule has 0 saturated carbocycles. The minimum atomic E-state index is -0.432. The first-order chi connectivity index (χ1) is 11.5. The van der Waals surface area contributed by atoms with Gasteiger partial charge in [-0.1, -0.05) is 19.4 Å². The molecule has 24 heavy (non-hydrogen) atoms. The van der Waals surface area contributed by atoms with Gasteiger partial charge in [-0.05, 0) is 31.0 Å². The van der Waals surface area contributed by atoms with Crippen molar-refractivity contribution in [2.24, 2.45) is 5.73 Å². The van der Waals surface area contributed by atoms with Gasteiger partial charge in [0.25, 0.3) is 5.91 Å². The summed E-state index contributed by atoms with van der Waals surface area (Å²) < 4.78 is 5.28. The molecule has 0 radical (unpaired) electrons. The monoisotopic (exact) mass is 333 g/mol. The highest BCUT2D eigenvalue weighted by molar-refractivity contribution is 5.95. The first kappa shape index (κ1) is 18.3. The highest BCUT2D eigenvalue weighted by Gasteiger charge is 2.27. The number of nitrogens with two attached hydrogens (primary N) is 1. The summed E-state index contributed by atoms with van der Waals surface area (Å²) in [6.07, 6.45) is 1.59. The van der Waals surface area contributed by atoms with Crippen LogP contribution in [0.3, 0.4) is 0 Å². The Morgan fingerprint density at radius 1 is 1.21 bits per heavy atom. The third-order valence-electron chi connectivity index (χ3n) is 4.45. The lowest BCUT2D eigenvalue weighted by Crippen LogP contribution is -2.54. The summed E-state index contributed by atoms with van der Waals surface area (Å²) >= 11 is 0. The average Bonchev–Trinajstić information content (AvgIpc) is 2.61. The highest BCUT2D eigenvalue weighted by Crippen LogP contribution is 2.20. The number of carbonyl (C=O) groups is 2. The lowest BCUT2D eigenvalue weighted by atomic mass is 10.1. The maximum Gasteiger partial charge on any atom is 0.254 e. The molecule has 2 rings (SSSR count). The van der Waals surface area contributed by atoms with Crippen molar-refractivity contribution < 1.29 is 14.3 Å². The molecule has 6 heteroatoms. The van der Waals surface area contributed by atoms with Gasteiger partial charge in [0.2, 0.25) is 5.91 Å². The van der Waals surface area contributed by atoms with E-state index in [1.165, 1.54) is 0 Å². The zero-order chi connectivity index (χ0) is 17.7. The number of benzene rings is 1. The van der Waals surface area contributed by atoms with E-state index in [1.54, 1.807) is 23.0 Å². The number of hydrogen-bond donors (Lipinski definition) is 1. The van der Waals surface area contributed by atoms with Gasteiger partial charge in [-0.15, -0.1) is 0 Å². The van der Waals surface area contributed by atoms with E-state index >= 15 is 0 Å². The summed E-state index contributed by atoms with van der Waals surface area (Å²) in [5.74, 6) is 0.666. The first-order valence-corrected chi connectivity index (χ1v) is 8.46. The van der Waals surface area contributed by atoms with Crippen LogP contribution in [0.4, 0.5) is 0 Å². The van der Waals surface area contributed by atoms with Crippen LogP contribution in [0.25, 0.3) is 0 Å². The van der Waals surface area contributed by atoms with Crippen molar-refractivity contribution in [1.82, 2.24) is 9.80 Å². The van der Waals surface area contributed by atoms with Crippen molar-refractivity contribution in [2.45, 2.75) is 32.7 Å². The maximum atomic E-state index is 12.6. The fourth-order valence-corrected chi connectivity index (χ4v) is 2.93. The average molecular weight is 333 g/mol. The number of nitrogens with zero attached hydrogens (tertiary/aromatic N) is 2. The molecule has 1 atom stereocenters. The fourth-order valence-electron chi connectivity index (χ4n) is 2.93. The predicted octanol–water partition coefficient (Wildman–Crippen LogP) is 1.42.